The van der Waals surface area contributed by atoms with Crippen LogP contribution < -0.4 is 20.3 Å². The second-order valence-electron chi connectivity index (χ2n) is 7.77. The van der Waals surface area contributed by atoms with Gasteiger partial charge in [0.15, 0.2) is 0 Å². The van der Waals surface area contributed by atoms with Crippen molar-refractivity contribution in [2.45, 2.75) is 25.1 Å². The number of amides is 1. The van der Waals surface area contributed by atoms with E-state index in [1.807, 2.05) is 11.0 Å². The Bertz CT molecular complexity index is 1130. The Morgan fingerprint density at radius 3 is 2.50 bits per heavy atom. The average molecular weight is 472 g/mol. The monoisotopic (exact) mass is 472 g/mol. The van der Waals surface area contributed by atoms with Crippen molar-refractivity contribution in [3.05, 3.63) is 66.0 Å². The number of piperidine rings is 1. The van der Waals surface area contributed by atoms with E-state index in [1.54, 1.807) is 37.4 Å². The number of carbonyl (C=O) groups is 1. The minimum atomic E-state index is -4.70. The van der Waals surface area contributed by atoms with Gasteiger partial charge in [0.1, 0.15) is 12.1 Å². The summed E-state index contributed by atoms with van der Waals surface area (Å²) in [4.78, 5) is 26.8. The SMILES string of the molecule is CNC(=O)c1cccc(Nc2ncnc(N3CCC(c4ccc(OC(F)(F)F)cc4)CC3)n2)c1. The third kappa shape index (κ3) is 5.91. The zero-order valence-electron chi connectivity index (χ0n) is 18.3. The van der Waals surface area contributed by atoms with Gasteiger partial charge in [-0.3, -0.25) is 4.79 Å². The summed E-state index contributed by atoms with van der Waals surface area (Å²) in [6.45, 7) is 1.39. The molecule has 1 aromatic heterocycles. The van der Waals surface area contributed by atoms with Crippen LogP contribution in [0.5, 0.6) is 5.75 Å². The van der Waals surface area contributed by atoms with Gasteiger partial charge in [0.05, 0.1) is 0 Å². The molecule has 11 heteroatoms. The molecule has 0 radical (unpaired) electrons. The number of halogens is 3. The molecule has 178 valence electrons. The van der Waals surface area contributed by atoms with Crippen molar-refractivity contribution in [1.82, 2.24) is 20.3 Å². The van der Waals surface area contributed by atoms with E-state index < -0.39 is 6.36 Å². The lowest BCUT2D eigenvalue weighted by molar-refractivity contribution is -0.274. The van der Waals surface area contributed by atoms with E-state index in [2.05, 4.69) is 30.3 Å². The third-order valence-corrected chi connectivity index (χ3v) is 5.53. The first-order valence-corrected chi connectivity index (χ1v) is 10.7. The standard InChI is InChI=1S/C23H23F3N6O2/c1-27-20(33)17-3-2-4-18(13-17)30-21-28-14-29-22(31-21)32-11-9-16(10-12-32)15-5-7-19(8-6-15)34-23(24,25)26/h2-8,13-14,16H,9-12H2,1H3,(H,27,33)(H,28,29,30,31). The molecule has 2 heterocycles. The number of nitrogens with one attached hydrogen (secondary N) is 2. The average Bonchev–Trinajstić information content (AvgIpc) is 2.83. The van der Waals surface area contributed by atoms with Crippen LogP contribution in [0, 0.1) is 0 Å². The largest absolute Gasteiger partial charge is 0.573 e. The number of hydrogen-bond acceptors (Lipinski definition) is 7. The van der Waals surface area contributed by atoms with E-state index in [1.165, 1.54) is 18.5 Å². The Hall–Kier alpha value is -3.89. The first-order valence-electron chi connectivity index (χ1n) is 10.7. The summed E-state index contributed by atoms with van der Waals surface area (Å²) < 4.78 is 41.0. The molecule has 0 spiro atoms. The van der Waals surface area contributed by atoms with E-state index in [4.69, 9.17) is 0 Å². The number of benzene rings is 2. The number of nitrogens with zero attached hydrogens (tertiary/aromatic N) is 4. The van der Waals surface area contributed by atoms with Gasteiger partial charge >= 0.3 is 6.36 Å². The van der Waals surface area contributed by atoms with Gasteiger partial charge < -0.3 is 20.3 Å². The van der Waals surface area contributed by atoms with Gasteiger partial charge in [-0.15, -0.1) is 13.2 Å². The highest BCUT2D eigenvalue weighted by Crippen LogP contribution is 2.31. The van der Waals surface area contributed by atoms with Gasteiger partial charge in [0.2, 0.25) is 11.9 Å². The number of carbonyl (C=O) groups excluding carboxylic acids is 1. The molecule has 0 aliphatic carbocycles. The van der Waals surface area contributed by atoms with Crippen LogP contribution in [0.3, 0.4) is 0 Å². The fourth-order valence-corrected chi connectivity index (χ4v) is 3.87. The van der Waals surface area contributed by atoms with Crippen LogP contribution >= 0.6 is 0 Å². The fraction of sp³-hybridized carbons (Fsp3) is 0.304. The maximum Gasteiger partial charge on any atom is 0.573 e. The highest BCUT2D eigenvalue weighted by molar-refractivity contribution is 5.95. The van der Waals surface area contributed by atoms with Crippen molar-refractivity contribution in [3.8, 4) is 5.75 Å². The molecule has 1 saturated heterocycles. The van der Waals surface area contributed by atoms with Crippen molar-refractivity contribution in [3.63, 3.8) is 0 Å². The van der Waals surface area contributed by atoms with Crippen molar-refractivity contribution in [2.75, 3.05) is 30.4 Å². The summed E-state index contributed by atoms with van der Waals surface area (Å²) in [5.41, 5.74) is 2.17. The Kier molecular flexibility index (Phi) is 6.80. The molecule has 0 bridgehead atoms. The number of alkyl halides is 3. The van der Waals surface area contributed by atoms with Crippen LogP contribution in [-0.4, -0.2) is 47.4 Å². The summed E-state index contributed by atoms with van der Waals surface area (Å²) >= 11 is 0. The van der Waals surface area contributed by atoms with Crippen LogP contribution in [0.2, 0.25) is 0 Å². The predicted molar refractivity (Wildman–Crippen MR) is 120 cm³/mol. The minimum absolute atomic E-state index is 0.189. The fourth-order valence-electron chi connectivity index (χ4n) is 3.87. The van der Waals surface area contributed by atoms with E-state index in [9.17, 15) is 18.0 Å². The quantitative estimate of drug-likeness (QED) is 0.554. The summed E-state index contributed by atoms with van der Waals surface area (Å²) in [5.74, 6) is 0.710. The van der Waals surface area contributed by atoms with Crippen molar-refractivity contribution in [2.24, 2.45) is 0 Å². The number of aromatic nitrogens is 3. The predicted octanol–water partition coefficient (Wildman–Crippen LogP) is 4.26. The molecule has 2 aromatic carbocycles. The van der Waals surface area contributed by atoms with Gasteiger partial charge in [-0.1, -0.05) is 18.2 Å². The molecule has 1 aliphatic heterocycles. The first-order chi connectivity index (χ1) is 16.3. The summed E-state index contributed by atoms with van der Waals surface area (Å²) in [6.07, 6.45) is -1.65. The van der Waals surface area contributed by atoms with Gasteiger partial charge in [-0.2, -0.15) is 4.98 Å². The first kappa shape index (κ1) is 23.3. The molecule has 1 amide bonds. The van der Waals surface area contributed by atoms with Crippen LogP contribution in [0.15, 0.2) is 54.9 Å². The molecule has 34 heavy (non-hydrogen) atoms. The molecule has 4 rings (SSSR count). The van der Waals surface area contributed by atoms with Gasteiger partial charge in [0, 0.05) is 31.4 Å². The van der Waals surface area contributed by atoms with Gasteiger partial charge in [-0.25, -0.2) is 9.97 Å². The van der Waals surface area contributed by atoms with E-state index in [0.717, 1.165) is 18.4 Å². The molecule has 2 N–H and O–H groups in total. The van der Waals surface area contributed by atoms with E-state index in [0.29, 0.717) is 36.2 Å². The molecule has 1 fully saturated rings. The highest BCUT2D eigenvalue weighted by Gasteiger charge is 2.31. The Morgan fingerprint density at radius 2 is 1.82 bits per heavy atom. The molecule has 8 nitrogen and oxygen atoms in total. The van der Waals surface area contributed by atoms with Crippen molar-refractivity contribution >= 4 is 23.5 Å². The second-order valence-corrected chi connectivity index (χ2v) is 7.77. The lowest BCUT2D eigenvalue weighted by Crippen LogP contribution is -2.34. The second kappa shape index (κ2) is 9.94. The van der Waals surface area contributed by atoms with E-state index >= 15 is 0 Å². The number of rotatable bonds is 6. The zero-order valence-corrected chi connectivity index (χ0v) is 18.3. The topological polar surface area (TPSA) is 92.3 Å². The molecule has 0 saturated carbocycles. The van der Waals surface area contributed by atoms with Crippen LogP contribution in [0.25, 0.3) is 0 Å². The lowest BCUT2D eigenvalue weighted by Gasteiger charge is -2.32. The number of ether oxygens (including phenoxy) is 1. The minimum Gasteiger partial charge on any atom is -0.406 e. The molecule has 0 unspecified atom stereocenters. The maximum atomic E-state index is 12.4. The van der Waals surface area contributed by atoms with Crippen LogP contribution in [0.1, 0.15) is 34.7 Å². The smallest absolute Gasteiger partial charge is 0.406 e. The summed E-state index contributed by atoms with van der Waals surface area (Å²) in [7, 11) is 1.57. The normalized spacial score (nSPS) is 14.5. The Labute approximate surface area is 194 Å². The third-order valence-electron chi connectivity index (χ3n) is 5.53. The summed E-state index contributed by atoms with van der Waals surface area (Å²) in [6, 6.07) is 13.0. The van der Waals surface area contributed by atoms with E-state index in [-0.39, 0.29) is 17.6 Å². The van der Waals surface area contributed by atoms with Crippen LogP contribution in [0.4, 0.5) is 30.8 Å². The lowest BCUT2D eigenvalue weighted by atomic mass is 9.89. The van der Waals surface area contributed by atoms with Gasteiger partial charge in [-0.05, 0) is 54.7 Å². The Balaban J connectivity index is 1.37. The van der Waals surface area contributed by atoms with Crippen molar-refractivity contribution < 1.29 is 22.7 Å². The molecular weight excluding hydrogens is 449 g/mol. The number of anilines is 3. The molecule has 1 aliphatic rings. The zero-order chi connectivity index (χ0) is 24.1. The molecular formula is C23H23F3N6O2. The Morgan fingerprint density at radius 1 is 1.09 bits per heavy atom. The molecule has 0 atom stereocenters. The maximum absolute atomic E-state index is 12.4. The highest BCUT2D eigenvalue weighted by atomic mass is 19.4. The van der Waals surface area contributed by atoms with Gasteiger partial charge in [0.25, 0.3) is 5.91 Å². The summed E-state index contributed by atoms with van der Waals surface area (Å²) in [5, 5.41) is 5.68. The number of hydrogen-bond donors (Lipinski definition) is 2. The van der Waals surface area contributed by atoms with Crippen molar-refractivity contribution in [1.29, 1.82) is 0 Å². The molecule has 3 aromatic rings. The van der Waals surface area contributed by atoms with Crippen LogP contribution in [-0.2, 0) is 0 Å².